The molecule has 2 aliphatic rings. The summed E-state index contributed by atoms with van der Waals surface area (Å²) in [4.78, 5) is 0. The number of hydrogen-bond donors (Lipinski definition) is 0. The molecule has 28 heavy (non-hydrogen) atoms. The number of fused-ring (bicyclic) bond motifs is 2. The van der Waals surface area contributed by atoms with E-state index in [1.807, 2.05) is 0 Å². The molecule has 1 atom stereocenters. The molecular weight excluding hydrogens is 431 g/mol. The maximum Gasteiger partial charge on any atom is -1.00 e. The number of halogens is 2. The van der Waals surface area contributed by atoms with Crippen LogP contribution < -0.4 is 9.41 Å². The van der Waals surface area contributed by atoms with E-state index in [4.69, 9.17) is 0 Å². The van der Waals surface area contributed by atoms with Crippen LogP contribution in [-0.2, 0) is 23.2 Å². The first-order chi connectivity index (χ1) is 12.7. The Balaban J connectivity index is 0.00000112. The van der Waals surface area contributed by atoms with Gasteiger partial charge in [-0.15, -0.1) is 0 Å². The van der Waals surface area contributed by atoms with Gasteiger partial charge < -0.3 is 9.41 Å². The van der Waals surface area contributed by atoms with Crippen LogP contribution in [0.5, 0.6) is 0 Å². The second kappa shape index (κ2) is 8.13. The average Bonchev–Trinajstić information content (AvgIpc) is 3.34. The van der Waals surface area contributed by atoms with E-state index in [0.717, 1.165) is 0 Å². The normalized spacial score (nSPS) is 17.4. The maximum absolute atomic E-state index is 2.44. The minimum atomic E-state index is -0.763. The number of allylic oxidation sites excluding steroid dienone is 5. The molecule has 1 heterocycles. The molecule has 0 aliphatic heterocycles. The Morgan fingerprint density at radius 2 is 1.68 bits per heavy atom. The molecule has 0 N–H and O–H groups in total. The Kier molecular flexibility index (Phi) is 6.00. The third-order valence-corrected chi connectivity index (χ3v) is 10.2. The molecule has 0 radical (unpaired) electrons. The van der Waals surface area contributed by atoms with Crippen LogP contribution in [0.25, 0.3) is 22.7 Å². The molecule has 0 fully saturated rings. The van der Waals surface area contributed by atoms with Crippen molar-refractivity contribution in [2.45, 2.75) is 23.9 Å². The molecule has 1 aromatic heterocycles. The molecule has 5 rings (SSSR count). The van der Waals surface area contributed by atoms with Crippen LogP contribution in [0.4, 0.5) is 0 Å². The van der Waals surface area contributed by atoms with E-state index in [2.05, 4.69) is 91.4 Å². The van der Waals surface area contributed by atoms with Crippen LogP contribution in [0.1, 0.15) is 35.0 Å². The van der Waals surface area contributed by atoms with Crippen molar-refractivity contribution in [2.24, 2.45) is 0 Å². The molecule has 0 bridgehead atoms. The van der Waals surface area contributed by atoms with Gasteiger partial charge in [-0.25, -0.2) is 0 Å². The SMILES string of the molecule is CC1=CC[C]([Zr+2][CH]2C(n3ccc4ccccc43)=Cc3ccccc32)=C1C.[F-].[F-]. The van der Waals surface area contributed by atoms with E-state index >= 15 is 0 Å². The topological polar surface area (TPSA) is 4.93 Å². The number of nitrogens with zero attached hydrogens (tertiary/aromatic N) is 1. The Bertz CT molecular complexity index is 1120. The number of aromatic nitrogens is 1. The van der Waals surface area contributed by atoms with Gasteiger partial charge in [0, 0.05) is 0 Å². The van der Waals surface area contributed by atoms with Gasteiger partial charge in [-0.2, -0.15) is 0 Å². The van der Waals surface area contributed by atoms with E-state index in [-0.39, 0.29) is 9.41 Å². The van der Waals surface area contributed by atoms with Gasteiger partial charge in [-0.05, 0) is 0 Å². The van der Waals surface area contributed by atoms with Gasteiger partial charge in [0.15, 0.2) is 0 Å². The zero-order chi connectivity index (χ0) is 17.7. The van der Waals surface area contributed by atoms with E-state index < -0.39 is 23.2 Å². The predicted molar refractivity (Wildman–Crippen MR) is 106 cm³/mol. The van der Waals surface area contributed by atoms with Crippen molar-refractivity contribution >= 4 is 22.7 Å². The number of benzene rings is 2. The third-order valence-electron chi connectivity index (χ3n) is 5.76. The summed E-state index contributed by atoms with van der Waals surface area (Å²) in [5, 5.41) is 1.32. The smallest absolute Gasteiger partial charge is 1.00 e. The number of rotatable bonds is 3. The van der Waals surface area contributed by atoms with Crippen molar-refractivity contribution in [1.29, 1.82) is 0 Å². The van der Waals surface area contributed by atoms with Crippen molar-refractivity contribution in [3.63, 3.8) is 0 Å². The first kappa shape index (κ1) is 20.7. The van der Waals surface area contributed by atoms with Crippen molar-refractivity contribution in [2.75, 3.05) is 0 Å². The minimum Gasteiger partial charge on any atom is -1.00 e. The molecule has 0 amide bonds. The summed E-state index contributed by atoms with van der Waals surface area (Å²) in [5.74, 6) is 0. The van der Waals surface area contributed by atoms with Crippen LogP contribution in [0.15, 0.2) is 81.3 Å². The quantitative estimate of drug-likeness (QED) is 0.543. The van der Waals surface area contributed by atoms with Crippen LogP contribution in [0, 0.1) is 0 Å². The van der Waals surface area contributed by atoms with Crippen LogP contribution >= 0.6 is 0 Å². The van der Waals surface area contributed by atoms with Crippen molar-refractivity contribution in [3.05, 3.63) is 92.4 Å². The first-order valence-corrected chi connectivity index (χ1v) is 11.9. The monoisotopic (exact) mass is 451 g/mol. The summed E-state index contributed by atoms with van der Waals surface area (Å²) in [6.45, 7) is 4.59. The van der Waals surface area contributed by atoms with E-state index in [1.165, 1.54) is 39.7 Å². The van der Waals surface area contributed by atoms with Gasteiger partial charge in [0.2, 0.25) is 0 Å². The average molecular weight is 453 g/mol. The molecule has 2 aromatic carbocycles. The van der Waals surface area contributed by atoms with E-state index in [9.17, 15) is 0 Å². The van der Waals surface area contributed by atoms with Crippen molar-refractivity contribution in [3.8, 4) is 0 Å². The largest absolute Gasteiger partial charge is 1.00 e. The summed E-state index contributed by atoms with van der Waals surface area (Å²) in [6, 6.07) is 20.0. The minimum absolute atomic E-state index is 0. The zero-order valence-electron chi connectivity index (χ0n) is 15.9. The molecule has 1 unspecified atom stereocenters. The van der Waals surface area contributed by atoms with Crippen molar-refractivity contribution < 1.29 is 32.6 Å². The third kappa shape index (κ3) is 3.28. The Morgan fingerprint density at radius 1 is 0.929 bits per heavy atom. The summed E-state index contributed by atoms with van der Waals surface area (Å²) in [6.07, 6.45) is 8.29. The molecular formula is C24H21F2NZr. The van der Waals surface area contributed by atoms with Crippen LogP contribution in [0.3, 0.4) is 0 Å². The molecule has 0 saturated carbocycles. The molecule has 0 spiro atoms. The Morgan fingerprint density at radius 3 is 2.46 bits per heavy atom. The van der Waals surface area contributed by atoms with Crippen LogP contribution in [0.2, 0.25) is 0 Å². The fraction of sp³-hybridized carbons (Fsp3) is 0.167. The van der Waals surface area contributed by atoms with E-state index in [0.29, 0.717) is 3.63 Å². The number of para-hydroxylation sites is 1. The molecule has 1 nitrogen and oxygen atoms in total. The zero-order valence-corrected chi connectivity index (χ0v) is 18.4. The van der Waals surface area contributed by atoms with Gasteiger partial charge in [0.05, 0.1) is 0 Å². The van der Waals surface area contributed by atoms with Crippen LogP contribution in [-0.4, -0.2) is 4.57 Å². The summed E-state index contributed by atoms with van der Waals surface area (Å²) in [7, 11) is 0. The molecule has 3 aromatic rings. The fourth-order valence-corrected chi connectivity index (χ4v) is 8.47. The Hall–Kier alpha value is -2.06. The summed E-state index contributed by atoms with van der Waals surface area (Å²) >= 11 is -0.763. The standard InChI is InChI=1S/C17H12N.C7H9.2FH.Zr/c1-2-7-15-12-16(11-14(15)6-1)18-10-9-13-5-3-4-8-17(13)18;1-6-4-3-5-7(6)2;;;/h1-12H;4H,3H2,1-2H3;2*1H;/q;;;;+2/p-2. The molecule has 2 aliphatic carbocycles. The molecule has 0 saturated heterocycles. The van der Waals surface area contributed by atoms with Gasteiger partial charge in [-0.1, -0.05) is 0 Å². The second-order valence-corrected chi connectivity index (χ2v) is 10.8. The van der Waals surface area contributed by atoms with E-state index in [1.54, 1.807) is 8.85 Å². The number of hydrogen-bond acceptors (Lipinski definition) is 0. The Labute approximate surface area is 175 Å². The van der Waals surface area contributed by atoms with Crippen molar-refractivity contribution in [1.82, 2.24) is 4.57 Å². The fourth-order valence-electron chi connectivity index (χ4n) is 4.12. The first-order valence-electron chi connectivity index (χ1n) is 9.23. The molecule has 4 heteroatoms. The van der Waals surface area contributed by atoms with Gasteiger partial charge in [-0.3, -0.25) is 0 Å². The predicted octanol–water partition coefficient (Wildman–Crippen LogP) is 0.409. The summed E-state index contributed by atoms with van der Waals surface area (Å²) < 4.78 is 4.79. The second-order valence-electron chi connectivity index (χ2n) is 7.21. The van der Waals surface area contributed by atoms with Gasteiger partial charge >= 0.3 is 167 Å². The molecule has 140 valence electrons. The maximum atomic E-state index is 2.44. The summed E-state index contributed by atoms with van der Waals surface area (Å²) in [5.41, 5.74) is 8.80. The van der Waals surface area contributed by atoms with Gasteiger partial charge in [0.25, 0.3) is 0 Å². The van der Waals surface area contributed by atoms with Gasteiger partial charge in [0.1, 0.15) is 0 Å².